The van der Waals surface area contributed by atoms with Gasteiger partial charge in [-0.25, -0.2) is 9.78 Å². The van der Waals surface area contributed by atoms with E-state index in [1.165, 1.54) is 11.2 Å². The summed E-state index contributed by atoms with van der Waals surface area (Å²) in [4.78, 5) is 16.1. The van der Waals surface area contributed by atoms with Gasteiger partial charge >= 0.3 is 6.03 Å². The van der Waals surface area contributed by atoms with E-state index in [2.05, 4.69) is 10.1 Å². The summed E-state index contributed by atoms with van der Waals surface area (Å²) in [7, 11) is 3.25. The van der Waals surface area contributed by atoms with E-state index in [4.69, 9.17) is 5.73 Å². The fourth-order valence-electron chi connectivity index (χ4n) is 0.573. The summed E-state index contributed by atoms with van der Waals surface area (Å²) in [5.41, 5.74) is 5.20. The van der Waals surface area contributed by atoms with Gasteiger partial charge in [-0.15, -0.1) is 5.10 Å². The van der Waals surface area contributed by atoms with Gasteiger partial charge in [-0.3, -0.25) is 0 Å². The molecule has 1 rings (SSSR count). The normalized spacial score (nSPS) is 9.64. The number of carbonyl (C=O) groups is 1. The zero-order chi connectivity index (χ0) is 8.43. The molecule has 0 aliphatic heterocycles. The summed E-state index contributed by atoms with van der Waals surface area (Å²) in [6.07, 6.45) is 1.28. The first-order chi connectivity index (χ1) is 5.11. The molecule has 0 aliphatic rings. The summed E-state index contributed by atoms with van der Waals surface area (Å²) in [5, 5.41) is 3.62. The Hall–Kier alpha value is -1.59. The third kappa shape index (κ3) is 1.46. The summed E-state index contributed by atoms with van der Waals surface area (Å²) >= 11 is 0. The molecule has 0 saturated carbocycles. The number of nitrogen functional groups attached to an aromatic ring is 1. The van der Waals surface area contributed by atoms with Gasteiger partial charge in [0.05, 0.1) is 0 Å². The van der Waals surface area contributed by atoms with Crippen molar-refractivity contribution < 1.29 is 4.79 Å². The minimum atomic E-state index is -0.269. The smallest absolute Gasteiger partial charge is 0.345 e. The highest BCUT2D eigenvalue weighted by Gasteiger charge is 2.07. The van der Waals surface area contributed by atoms with Crippen LogP contribution in [0.3, 0.4) is 0 Å². The van der Waals surface area contributed by atoms with Crippen LogP contribution >= 0.6 is 0 Å². The zero-order valence-electron chi connectivity index (χ0n) is 6.35. The van der Waals surface area contributed by atoms with Gasteiger partial charge in [0.25, 0.3) is 0 Å². The van der Waals surface area contributed by atoms with Crippen molar-refractivity contribution >= 4 is 12.0 Å². The van der Waals surface area contributed by atoms with Crippen LogP contribution in [0.4, 0.5) is 10.7 Å². The van der Waals surface area contributed by atoms with E-state index in [-0.39, 0.29) is 12.0 Å². The molecule has 0 unspecified atom stereocenters. The summed E-state index contributed by atoms with van der Waals surface area (Å²) in [6, 6.07) is -0.269. The monoisotopic (exact) mass is 155 g/mol. The Morgan fingerprint density at radius 3 is 2.73 bits per heavy atom. The number of hydrogen-bond donors (Lipinski definition) is 1. The van der Waals surface area contributed by atoms with E-state index in [0.29, 0.717) is 0 Å². The lowest BCUT2D eigenvalue weighted by atomic mass is 10.8. The van der Waals surface area contributed by atoms with Crippen LogP contribution in [0.5, 0.6) is 0 Å². The molecule has 1 aromatic heterocycles. The molecular formula is C5H9N5O. The fraction of sp³-hybridized carbons (Fsp3) is 0.400. The van der Waals surface area contributed by atoms with Crippen molar-refractivity contribution in [3.8, 4) is 0 Å². The van der Waals surface area contributed by atoms with Crippen LogP contribution in [-0.2, 0) is 0 Å². The Balaban J connectivity index is 2.85. The molecule has 6 heteroatoms. The average Bonchev–Trinajstić information content (AvgIpc) is 2.34. The van der Waals surface area contributed by atoms with Crippen LogP contribution in [-0.4, -0.2) is 39.8 Å². The topological polar surface area (TPSA) is 77.0 Å². The van der Waals surface area contributed by atoms with Crippen molar-refractivity contribution in [2.24, 2.45) is 0 Å². The predicted molar refractivity (Wildman–Crippen MR) is 38.9 cm³/mol. The first-order valence-corrected chi connectivity index (χ1v) is 3.00. The van der Waals surface area contributed by atoms with E-state index in [1.807, 2.05) is 0 Å². The van der Waals surface area contributed by atoms with Crippen molar-refractivity contribution in [3.05, 3.63) is 6.33 Å². The number of aromatic nitrogens is 3. The van der Waals surface area contributed by atoms with Crippen LogP contribution in [0.2, 0.25) is 0 Å². The number of hydrogen-bond acceptors (Lipinski definition) is 4. The lowest BCUT2D eigenvalue weighted by molar-refractivity contribution is 0.216. The van der Waals surface area contributed by atoms with Crippen LogP contribution in [0.1, 0.15) is 0 Å². The Morgan fingerprint density at radius 2 is 2.36 bits per heavy atom. The van der Waals surface area contributed by atoms with Crippen LogP contribution in [0.25, 0.3) is 0 Å². The van der Waals surface area contributed by atoms with Gasteiger partial charge < -0.3 is 10.6 Å². The second-order valence-corrected chi connectivity index (χ2v) is 2.22. The standard InChI is InChI=1S/C5H9N5O/c1-9(2)5(11)10-3-7-4(6)8-10/h3H,1-2H3,(H2,6,8). The van der Waals surface area contributed by atoms with E-state index in [0.717, 1.165) is 4.68 Å². The van der Waals surface area contributed by atoms with Gasteiger partial charge in [0.1, 0.15) is 6.33 Å². The molecule has 2 N–H and O–H groups in total. The van der Waals surface area contributed by atoms with Crippen molar-refractivity contribution in [3.63, 3.8) is 0 Å². The van der Waals surface area contributed by atoms with Gasteiger partial charge in [0, 0.05) is 14.1 Å². The molecule has 60 valence electrons. The molecule has 0 aliphatic carbocycles. The Kier molecular flexibility index (Phi) is 1.75. The quantitative estimate of drug-likeness (QED) is 0.542. The number of anilines is 1. The first-order valence-electron chi connectivity index (χ1n) is 3.00. The molecule has 11 heavy (non-hydrogen) atoms. The molecule has 0 saturated heterocycles. The number of carbonyl (C=O) groups excluding carboxylic acids is 1. The Morgan fingerprint density at radius 1 is 1.73 bits per heavy atom. The second kappa shape index (κ2) is 2.57. The van der Waals surface area contributed by atoms with Gasteiger partial charge in [-0.1, -0.05) is 0 Å². The molecule has 1 aromatic rings. The first kappa shape index (κ1) is 7.52. The summed E-state index contributed by atoms with van der Waals surface area (Å²) < 4.78 is 1.08. The number of amides is 1. The van der Waals surface area contributed by atoms with Crippen molar-refractivity contribution in [2.75, 3.05) is 19.8 Å². The third-order valence-electron chi connectivity index (χ3n) is 1.09. The summed E-state index contributed by atoms with van der Waals surface area (Å²) in [6.45, 7) is 0. The Bertz CT molecular complexity index is 266. The van der Waals surface area contributed by atoms with Crippen LogP contribution in [0, 0.1) is 0 Å². The van der Waals surface area contributed by atoms with Gasteiger partial charge in [-0.05, 0) is 0 Å². The Labute approximate surface area is 63.6 Å². The zero-order valence-corrected chi connectivity index (χ0v) is 6.35. The highest BCUT2D eigenvalue weighted by atomic mass is 16.2. The van der Waals surface area contributed by atoms with E-state index in [1.54, 1.807) is 14.1 Å². The highest BCUT2D eigenvalue weighted by molar-refractivity contribution is 5.75. The maximum atomic E-state index is 11.1. The maximum Gasteiger partial charge on any atom is 0.345 e. The van der Waals surface area contributed by atoms with Crippen LogP contribution in [0.15, 0.2) is 6.33 Å². The minimum absolute atomic E-state index is 0.0974. The molecule has 0 spiro atoms. The lowest BCUT2D eigenvalue weighted by Crippen LogP contribution is -2.27. The highest BCUT2D eigenvalue weighted by Crippen LogP contribution is 1.91. The molecule has 0 atom stereocenters. The van der Waals surface area contributed by atoms with E-state index < -0.39 is 0 Å². The van der Waals surface area contributed by atoms with E-state index in [9.17, 15) is 4.79 Å². The van der Waals surface area contributed by atoms with Gasteiger partial charge in [0.15, 0.2) is 0 Å². The molecule has 6 nitrogen and oxygen atoms in total. The lowest BCUT2D eigenvalue weighted by Gasteiger charge is -2.07. The maximum absolute atomic E-state index is 11.1. The van der Waals surface area contributed by atoms with Crippen LogP contribution < -0.4 is 5.73 Å². The third-order valence-corrected chi connectivity index (χ3v) is 1.09. The average molecular weight is 155 g/mol. The molecule has 0 radical (unpaired) electrons. The van der Waals surface area contributed by atoms with Gasteiger partial charge in [0.2, 0.25) is 5.95 Å². The number of rotatable bonds is 0. The summed E-state index contributed by atoms with van der Waals surface area (Å²) in [5.74, 6) is 0.0974. The van der Waals surface area contributed by atoms with Crippen molar-refractivity contribution in [1.29, 1.82) is 0 Å². The van der Waals surface area contributed by atoms with Gasteiger partial charge in [-0.2, -0.15) is 4.68 Å². The molecular weight excluding hydrogens is 146 g/mol. The fourth-order valence-corrected chi connectivity index (χ4v) is 0.573. The van der Waals surface area contributed by atoms with E-state index >= 15 is 0 Å². The molecule has 1 amide bonds. The minimum Gasteiger partial charge on any atom is -0.366 e. The molecule has 1 heterocycles. The number of nitrogens with two attached hydrogens (primary N) is 1. The largest absolute Gasteiger partial charge is 0.366 e. The molecule has 0 fully saturated rings. The SMILES string of the molecule is CN(C)C(=O)n1cnc(N)n1. The van der Waals surface area contributed by atoms with Crippen molar-refractivity contribution in [1.82, 2.24) is 19.7 Å². The van der Waals surface area contributed by atoms with Crippen molar-refractivity contribution in [2.45, 2.75) is 0 Å². The number of nitrogens with zero attached hydrogens (tertiary/aromatic N) is 4. The molecule has 0 aromatic carbocycles. The predicted octanol–water partition coefficient (Wildman–Crippen LogP) is -0.610. The second-order valence-electron chi connectivity index (χ2n) is 2.22. The molecule has 0 bridgehead atoms.